The van der Waals surface area contributed by atoms with E-state index in [0.29, 0.717) is 83.0 Å². The maximum atomic E-state index is 10.9. The first-order valence-electron chi connectivity index (χ1n) is 27.4. The highest BCUT2D eigenvalue weighted by Crippen LogP contribution is 2.35. The summed E-state index contributed by atoms with van der Waals surface area (Å²) in [6, 6.07) is 33.7. The van der Waals surface area contributed by atoms with Crippen LogP contribution in [-0.4, -0.2) is 127 Å². The fourth-order valence-corrected chi connectivity index (χ4v) is 10.0. The number of methoxy groups -OCH3 is 2. The van der Waals surface area contributed by atoms with E-state index in [4.69, 9.17) is 66.3 Å². The van der Waals surface area contributed by atoms with Gasteiger partial charge in [-0.3, -0.25) is 19.2 Å². The van der Waals surface area contributed by atoms with Gasteiger partial charge in [-0.25, -0.2) is 24.2 Å². The van der Waals surface area contributed by atoms with Crippen molar-refractivity contribution in [2.75, 3.05) is 34.1 Å². The minimum Gasteiger partial charge on any atom is -0.497 e. The minimum atomic E-state index is -0.983. The number of carboxylic acid groups (broad SMARTS) is 7. The number of thiophene rings is 1. The zero-order valence-electron chi connectivity index (χ0n) is 48.7. The van der Waals surface area contributed by atoms with Crippen molar-refractivity contribution in [3.63, 3.8) is 0 Å². The number of aliphatic carboxylic acids is 4. The number of halogens is 1. The molecule has 1 amide bonds. The van der Waals surface area contributed by atoms with Crippen molar-refractivity contribution in [3.8, 4) is 23.0 Å². The van der Waals surface area contributed by atoms with E-state index in [1.807, 2.05) is 55.5 Å². The van der Waals surface area contributed by atoms with Crippen LogP contribution < -0.4 is 18.9 Å². The van der Waals surface area contributed by atoms with Crippen LogP contribution in [0.2, 0.25) is 4.34 Å². The Balaban J connectivity index is 0.000000219. The molecule has 10 rings (SSSR count). The van der Waals surface area contributed by atoms with Crippen molar-refractivity contribution in [1.29, 1.82) is 0 Å². The van der Waals surface area contributed by atoms with Gasteiger partial charge in [-0.05, 0) is 146 Å². The number of carbonyl (C=O) groups is 8. The first-order chi connectivity index (χ1) is 41.4. The molecular formula is C64H71ClN2O19S. The molecule has 2 fully saturated rings. The van der Waals surface area contributed by atoms with E-state index in [1.165, 1.54) is 70.9 Å². The monoisotopic (exact) mass is 1240 g/mol. The average Bonchev–Trinajstić information content (AvgIpc) is 4.13. The number of hydrogen-bond acceptors (Lipinski definition) is 14. The number of carbonyl (C=O) groups excluding carboxylic acids is 1. The van der Waals surface area contributed by atoms with Crippen LogP contribution in [0.25, 0.3) is 5.57 Å². The number of aromatic nitrogens is 1. The lowest BCUT2D eigenvalue weighted by Gasteiger charge is -2.28. The SMILES string of the molecule is CC(=O)N1CCC(C(=O)O)CC1.CC1=C(C(=O)O)Cc2ccccc21.COc1cc(CC(=O)O)cc(OC)c1.Cc1cccc(C(=O)O)n1.O=C(O)CCc1ccc2c(c1)OCO2.O=C(O)c1ccc(C2CCCCC2)cc1.O=C(O)c1ccc(Cl)s1. The quantitative estimate of drug-likeness (QED) is 0.0565. The number of carboxylic acids is 7. The third-order valence-electron chi connectivity index (χ3n) is 13.7. The van der Waals surface area contributed by atoms with Crippen LogP contribution in [0.1, 0.15) is 135 Å². The van der Waals surface area contributed by atoms with Crippen molar-refractivity contribution in [1.82, 2.24) is 9.88 Å². The molecule has 0 unspecified atom stereocenters. The Labute approximate surface area is 512 Å². The second-order valence-electron chi connectivity index (χ2n) is 19.9. The molecule has 1 saturated carbocycles. The Morgan fingerprint density at radius 3 is 1.76 bits per heavy atom. The molecule has 2 aromatic heterocycles. The summed E-state index contributed by atoms with van der Waals surface area (Å²) in [5, 5.41) is 60.3. The van der Waals surface area contributed by atoms with Crippen LogP contribution in [0, 0.1) is 12.8 Å². The summed E-state index contributed by atoms with van der Waals surface area (Å²) in [7, 11) is 3.05. The molecule has 0 radical (unpaired) electrons. The Kier molecular flexibility index (Phi) is 29.0. The fraction of sp³-hybridized carbons (Fsp3) is 0.328. The number of aryl methyl sites for hydroxylation is 2. The number of pyridine rings is 1. The van der Waals surface area contributed by atoms with Gasteiger partial charge in [-0.1, -0.05) is 79.4 Å². The Morgan fingerprint density at radius 1 is 0.644 bits per heavy atom. The van der Waals surface area contributed by atoms with Crippen molar-refractivity contribution in [2.45, 2.75) is 97.3 Å². The van der Waals surface area contributed by atoms with Crippen molar-refractivity contribution in [2.24, 2.45) is 5.92 Å². The summed E-state index contributed by atoms with van der Waals surface area (Å²) < 4.78 is 20.8. The van der Waals surface area contributed by atoms with E-state index >= 15 is 0 Å². The molecule has 6 aromatic rings. The van der Waals surface area contributed by atoms with Crippen LogP contribution in [0.4, 0.5) is 0 Å². The molecule has 464 valence electrons. The third-order valence-corrected chi connectivity index (χ3v) is 15.0. The van der Waals surface area contributed by atoms with Gasteiger partial charge in [0.05, 0.1) is 36.5 Å². The highest BCUT2D eigenvalue weighted by molar-refractivity contribution is 7.17. The van der Waals surface area contributed by atoms with Gasteiger partial charge in [0.15, 0.2) is 11.5 Å². The number of nitrogens with zero attached hydrogens (tertiary/aromatic N) is 2. The van der Waals surface area contributed by atoms with Gasteiger partial charge in [0.25, 0.3) is 0 Å². The van der Waals surface area contributed by atoms with Crippen molar-refractivity contribution < 1.29 is 93.0 Å². The van der Waals surface area contributed by atoms with Gasteiger partial charge in [0.1, 0.15) is 22.1 Å². The van der Waals surface area contributed by atoms with E-state index in [1.54, 1.807) is 66.4 Å². The predicted molar refractivity (Wildman–Crippen MR) is 324 cm³/mol. The summed E-state index contributed by atoms with van der Waals surface area (Å²) in [6.07, 6.45) is 8.86. The van der Waals surface area contributed by atoms with Crippen LogP contribution in [0.15, 0.2) is 121 Å². The van der Waals surface area contributed by atoms with E-state index in [0.717, 1.165) is 45.0 Å². The summed E-state index contributed by atoms with van der Waals surface area (Å²) >= 11 is 6.52. The van der Waals surface area contributed by atoms with Crippen molar-refractivity contribution in [3.05, 3.63) is 175 Å². The zero-order valence-corrected chi connectivity index (χ0v) is 50.3. The number of piperidine rings is 1. The molecule has 2 aliphatic carbocycles. The lowest BCUT2D eigenvalue weighted by Crippen LogP contribution is -2.38. The minimum absolute atomic E-state index is 0.0342. The number of aromatic carboxylic acids is 3. The van der Waals surface area contributed by atoms with Crippen LogP contribution in [0.3, 0.4) is 0 Å². The van der Waals surface area contributed by atoms with E-state index in [-0.39, 0.29) is 42.0 Å². The lowest BCUT2D eigenvalue weighted by atomic mass is 9.84. The summed E-state index contributed by atoms with van der Waals surface area (Å²) in [4.78, 5) is 89.9. The summed E-state index contributed by atoms with van der Waals surface area (Å²) in [5.41, 5.74) is 7.76. The number of allylic oxidation sites excluding steroid dienone is 1. The molecule has 23 heteroatoms. The molecular weight excluding hydrogens is 1170 g/mol. The van der Waals surface area contributed by atoms with Crippen LogP contribution >= 0.6 is 22.9 Å². The molecule has 7 N–H and O–H groups in total. The molecule has 0 bridgehead atoms. The van der Waals surface area contributed by atoms with E-state index < -0.39 is 41.8 Å². The largest absolute Gasteiger partial charge is 0.497 e. The number of benzene rings is 4. The number of hydrogen-bond donors (Lipinski definition) is 7. The molecule has 4 aliphatic rings. The zero-order chi connectivity index (χ0) is 64.2. The van der Waals surface area contributed by atoms with Crippen LogP contribution in [-0.2, 0) is 43.2 Å². The molecule has 0 atom stereocenters. The highest BCUT2D eigenvalue weighted by atomic mass is 35.5. The highest BCUT2D eigenvalue weighted by Gasteiger charge is 2.26. The molecule has 4 aromatic carbocycles. The Bertz CT molecular complexity index is 3300. The van der Waals surface area contributed by atoms with E-state index in [9.17, 15) is 38.4 Å². The first-order valence-corrected chi connectivity index (χ1v) is 28.6. The lowest BCUT2D eigenvalue weighted by molar-refractivity contribution is -0.145. The van der Waals surface area contributed by atoms with Gasteiger partial charge in [0.2, 0.25) is 12.7 Å². The van der Waals surface area contributed by atoms with E-state index in [2.05, 4.69) is 4.98 Å². The fourth-order valence-electron chi connectivity index (χ4n) is 9.12. The smallest absolute Gasteiger partial charge is 0.354 e. The van der Waals surface area contributed by atoms with Gasteiger partial charge in [0, 0.05) is 50.2 Å². The maximum Gasteiger partial charge on any atom is 0.354 e. The normalized spacial score (nSPS) is 13.5. The van der Waals surface area contributed by atoms with Gasteiger partial charge in [-0.2, -0.15) is 0 Å². The molecule has 1 saturated heterocycles. The predicted octanol–water partition coefficient (Wildman–Crippen LogP) is 11.8. The second-order valence-corrected chi connectivity index (χ2v) is 21.6. The van der Waals surface area contributed by atoms with Crippen LogP contribution in [0.5, 0.6) is 23.0 Å². The molecule has 0 spiro atoms. The molecule has 87 heavy (non-hydrogen) atoms. The number of rotatable bonds is 13. The first kappa shape index (κ1) is 70.2. The number of amides is 1. The average molecular weight is 1240 g/mol. The number of fused-ring (bicyclic) bond motifs is 2. The van der Waals surface area contributed by atoms with Gasteiger partial charge < -0.3 is 59.6 Å². The number of likely N-dealkylation sites (tertiary alicyclic amines) is 1. The molecule has 4 heterocycles. The summed E-state index contributed by atoms with van der Waals surface area (Å²) in [6.45, 7) is 6.57. The maximum absolute atomic E-state index is 10.9. The standard InChI is InChI=1S/C13H16O2.C11H10O2.C10H10O4.C10H12O4.C8H13NO3.C7H7NO2.C5H3ClO2S/c14-13(15)12-8-6-11(7-9-12)10-4-2-1-3-5-10;1-7-9-5-3-2-4-8(9)6-10(7)11(12)13;11-10(12)4-2-7-1-3-8-9(5-7)14-6-13-8;1-13-8-3-7(5-10(11)12)4-9(6-8)14-2;1-6(10)9-4-2-7(3-5-9)8(11)12;1-5-3-2-4-6(8-5)7(9)10;6-4-2-1-3(9-4)5(7)8/h6-10H,1-5H2,(H,14,15);2-5H,6H2,1H3,(H,12,13);1,3,5H,2,4,6H2,(H,11,12);3-4,6H,5H2,1-2H3,(H,11,12);7H,2-5H2,1H3,(H,11,12);2-4H,1H3,(H,9,10);1-2H,(H,7,8). The number of ether oxygens (including phenoxy) is 4. The molecule has 2 aliphatic heterocycles. The molecule has 21 nitrogen and oxygen atoms in total. The third kappa shape index (κ3) is 24.3. The summed E-state index contributed by atoms with van der Waals surface area (Å²) in [5.74, 6) is -2.88. The van der Waals surface area contributed by atoms with Gasteiger partial charge in [-0.15, -0.1) is 11.3 Å². The van der Waals surface area contributed by atoms with Gasteiger partial charge >= 0.3 is 41.8 Å². The Morgan fingerprint density at radius 2 is 1.28 bits per heavy atom. The Hall–Kier alpha value is -9.28. The van der Waals surface area contributed by atoms with Crippen molar-refractivity contribution >= 4 is 76.2 Å². The topological polar surface area (TPSA) is 331 Å². The second kappa shape index (κ2) is 35.9.